The number of pyridine rings is 1. The predicted molar refractivity (Wildman–Crippen MR) is 103 cm³/mol. The van der Waals surface area contributed by atoms with E-state index in [-0.39, 0.29) is 27.5 Å². The number of hydrogen-bond donors (Lipinski definition) is 1. The van der Waals surface area contributed by atoms with Crippen LogP contribution in [0, 0.1) is 0 Å². The Morgan fingerprint density at radius 3 is 2.16 bits per heavy atom. The van der Waals surface area contributed by atoms with Crippen molar-refractivity contribution in [3.8, 4) is 11.3 Å². The van der Waals surface area contributed by atoms with E-state index in [2.05, 4.69) is 14.7 Å². The van der Waals surface area contributed by atoms with Crippen LogP contribution >= 0.6 is 0 Å². The lowest BCUT2D eigenvalue weighted by Gasteiger charge is -2.13. The molecule has 1 aromatic heterocycles. The molecule has 0 saturated carbocycles. The van der Waals surface area contributed by atoms with Gasteiger partial charge in [-0.1, -0.05) is 6.07 Å². The molecule has 12 heteroatoms. The SMILES string of the molecule is O=S1(=O)N=C(Nc2ccc(C(F)(F)F)cc2)c2ccc(-c3ncccc3C(F)(F)F)cc21. The first-order valence-corrected chi connectivity index (χ1v) is 10.3. The largest absolute Gasteiger partial charge is 0.418 e. The third-order valence-corrected chi connectivity index (χ3v) is 5.90. The minimum atomic E-state index is -4.70. The minimum Gasteiger partial charge on any atom is -0.339 e. The normalized spacial score (nSPS) is 15.2. The average molecular weight is 471 g/mol. The van der Waals surface area contributed by atoms with Crippen LogP contribution in [-0.4, -0.2) is 19.2 Å². The van der Waals surface area contributed by atoms with Crippen molar-refractivity contribution in [3.63, 3.8) is 0 Å². The van der Waals surface area contributed by atoms with Gasteiger partial charge >= 0.3 is 12.4 Å². The van der Waals surface area contributed by atoms with Gasteiger partial charge in [-0.15, -0.1) is 4.40 Å². The number of aromatic nitrogens is 1. The third kappa shape index (κ3) is 4.05. The van der Waals surface area contributed by atoms with Gasteiger partial charge in [0.1, 0.15) is 4.90 Å². The van der Waals surface area contributed by atoms with Crippen LogP contribution in [0.1, 0.15) is 16.7 Å². The van der Waals surface area contributed by atoms with E-state index in [1.165, 1.54) is 12.1 Å². The molecule has 0 saturated heterocycles. The van der Waals surface area contributed by atoms with Crippen molar-refractivity contribution < 1.29 is 34.8 Å². The summed E-state index contributed by atoms with van der Waals surface area (Å²) in [4.78, 5) is 3.40. The van der Waals surface area contributed by atoms with Crippen LogP contribution in [0.2, 0.25) is 0 Å². The summed E-state index contributed by atoms with van der Waals surface area (Å²) >= 11 is 0. The van der Waals surface area contributed by atoms with Crippen molar-refractivity contribution in [2.45, 2.75) is 17.2 Å². The van der Waals surface area contributed by atoms with E-state index in [4.69, 9.17) is 0 Å². The number of anilines is 1. The number of fused-ring (bicyclic) bond motifs is 1. The van der Waals surface area contributed by atoms with E-state index in [0.29, 0.717) is 0 Å². The predicted octanol–water partition coefficient (Wildman–Crippen LogP) is 5.35. The van der Waals surface area contributed by atoms with Crippen LogP contribution < -0.4 is 5.32 Å². The number of alkyl halides is 6. The molecule has 1 aliphatic rings. The highest BCUT2D eigenvalue weighted by molar-refractivity contribution is 7.90. The van der Waals surface area contributed by atoms with Gasteiger partial charge in [0.25, 0.3) is 10.0 Å². The first kappa shape index (κ1) is 21.8. The quantitative estimate of drug-likeness (QED) is 0.512. The van der Waals surface area contributed by atoms with Crippen LogP contribution in [0.4, 0.5) is 32.0 Å². The lowest BCUT2D eigenvalue weighted by molar-refractivity contribution is -0.138. The number of hydrogen-bond acceptors (Lipinski definition) is 4. The number of amidine groups is 1. The Morgan fingerprint density at radius 2 is 1.53 bits per heavy atom. The van der Waals surface area contributed by atoms with Gasteiger partial charge in [0.15, 0.2) is 5.84 Å². The molecule has 0 atom stereocenters. The fraction of sp³-hybridized carbons (Fsp3) is 0.100. The Bertz CT molecular complexity index is 1330. The summed E-state index contributed by atoms with van der Waals surface area (Å²) in [7, 11) is -4.25. The molecule has 0 fully saturated rings. The second-order valence-electron chi connectivity index (χ2n) is 6.72. The molecule has 3 aromatic rings. The van der Waals surface area contributed by atoms with Crippen LogP contribution in [0.5, 0.6) is 0 Å². The number of benzene rings is 2. The maximum absolute atomic E-state index is 13.3. The van der Waals surface area contributed by atoms with E-state index in [9.17, 15) is 34.8 Å². The van der Waals surface area contributed by atoms with E-state index < -0.39 is 39.2 Å². The topological polar surface area (TPSA) is 71.4 Å². The van der Waals surface area contributed by atoms with Crippen molar-refractivity contribution in [1.29, 1.82) is 0 Å². The summed E-state index contributed by atoms with van der Waals surface area (Å²) in [6, 6.07) is 9.35. The van der Waals surface area contributed by atoms with Crippen molar-refractivity contribution in [1.82, 2.24) is 4.98 Å². The van der Waals surface area contributed by atoms with Gasteiger partial charge in [-0.05, 0) is 48.5 Å². The monoisotopic (exact) mass is 471 g/mol. The van der Waals surface area contributed by atoms with Gasteiger partial charge in [0, 0.05) is 23.0 Å². The zero-order chi connectivity index (χ0) is 23.3. The summed E-state index contributed by atoms with van der Waals surface area (Å²) in [5.41, 5.74) is -2.22. The van der Waals surface area contributed by atoms with E-state index in [1.54, 1.807) is 0 Å². The Balaban J connectivity index is 1.71. The van der Waals surface area contributed by atoms with Gasteiger partial charge in [-0.3, -0.25) is 4.98 Å². The Kier molecular flexibility index (Phi) is 4.99. The highest BCUT2D eigenvalue weighted by Crippen LogP contribution is 2.38. The number of nitrogens with one attached hydrogen (secondary N) is 1. The van der Waals surface area contributed by atoms with E-state index >= 15 is 0 Å². The maximum Gasteiger partial charge on any atom is 0.418 e. The zero-order valence-corrected chi connectivity index (χ0v) is 16.5. The Labute approximate surface area is 177 Å². The minimum absolute atomic E-state index is 0.0677. The average Bonchev–Trinajstić information content (AvgIpc) is 2.96. The van der Waals surface area contributed by atoms with Crippen LogP contribution in [0.25, 0.3) is 11.3 Å². The summed E-state index contributed by atoms with van der Waals surface area (Å²) in [6.07, 6.45) is -8.08. The Morgan fingerprint density at radius 1 is 0.844 bits per heavy atom. The van der Waals surface area contributed by atoms with Gasteiger partial charge < -0.3 is 5.32 Å². The zero-order valence-electron chi connectivity index (χ0n) is 15.7. The molecule has 2 heterocycles. The van der Waals surface area contributed by atoms with E-state index in [1.807, 2.05) is 0 Å². The van der Waals surface area contributed by atoms with Crippen molar-refractivity contribution in [2.24, 2.45) is 4.40 Å². The standard InChI is InChI=1S/C20H11F6N3O2S/c21-19(22,23)12-4-6-13(7-5-12)28-18-14-8-3-11(10-16(14)32(30,31)29-18)17-15(20(24,25)26)2-1-9-27-17/h1-10H,(H,28,29). The van der Waals surface area contributed by atoms with Gasteiger partial charge in [0.05, 0.1) is 16.8 Å². The van der Waals surface area contributed by atoms with Crippen LogP contribution in [0.15, 0.2) is 70.1 Å². The lowest BCUT2D eigenvalue weighted by Crippen LogP contribution is -2.12. The molecule has 1 N–H and O–H groups in total. The number of nitrogens with zero attached hydrogens (tertiary/aromatic N) is 2. The molecule has 5 nitrogen and oxygen atoms in total. The summed E-state index contributed by atoms with van der Waals surface area (Å²) < 4.78 is 107. The molecule has 0 amide bonds. The molecule has 32 heavy (non-hydrogen) atoms. The second kappa shape index (κ2) is 7.33. The van der Waals surface area contributed by atoms with E-state index in [0.717, 1.165) is 48.7 Å². The van der Waals surface area contributed by atoms with Crippen LogP contribution in [0.3, 0.4) is 0 Å². The molecule has 0 aliphatic carbocycles. The first-order valence-electron chi connectivity index (χ1n) is 8.82. The Hall–Kier alpha value is -3.41. The molecule has 0 unspecified atom stereocenters. The highest BCUT2D eigenvalue weighted by Gasteiger charge is 2.36. The number of sulfonamides is 1. The first-order chi connectivity index (χ1) is 14.9. The van der Waals surface area contributed by atoms with Crippen molar-refractivity contribution in [3.05, 3.63) is 77.5 Å². The fourth-order valence-electron chi connectivity index (χ4n) is 3.13. The molecule has 0 radical (unpaired) electrons. The fourth-order valence-corrected chi connectivity index (χ4v) is 4.33. The lowest BCUT2D eigenvalue weighted by atomic mass is 10.0. The third-order valence-electron chi connectivity index (χ3n) is 4.59. The molecule has 1 aliphatic heterocycles. The molecular formula is C20H11F6N3O2S. The van der Waals surface area contributed by atoms with Gasteiger partial charge in [0.2, 0.25) is 0 Å². The number of halogens is 6. The molecule has 0 spiro atoms. The molecule has 0 bridgehead atoms. The van der Waals surface area contributed by atoms with Crippen molar-refractivity contribution in [2.75, 3.05) is 5.32 Å². The number of rotatable bonds is 2. The van der Waals surface area contributed by atoms with Gasteiger partial charge in [-0.25, -0.2) is 0 Å². The summed E-state index contributed by atoms with van der Waals surface area (Å²) in [5.74, 6) is -0.164. The molecular weight excluding hydrogens is 460 g/mol. The molecule has 2 aromatic carbocycles. The molecule has 166 valence electrons. The van der Waals surface area contributed by atoms with Crippen LogP contribution in [-0.2, 0) is 22.4 Å². The van der Waals surface area contributed by atoms with Crippen molar-refractivity contribution >= 4 is 21.5 Å². The smallest absolute Gasteiger partial charge is 0.339 e. The highest BCUT2D eigenvalue weighted by atomic mass is 32.2. The maximum atomic E-state index is 13.3. The molecule has 4 rings (SSSR count). The van der Waals surface area contributed by atoms with Gasteiger partial charge in [-0.2, -0.15) is 34.8 Å². The second-order valence-corrected chi connectivity index (χ2v) is 8.30. The summed E-state index contributed by atoms with van der Waals surface area (Å²) in [6.45, 7) is 0. The summed E-state index contributed by atoms with van der Waals surface area (Å²) in [5, 5.41) is 2.63.